The SMILES string of the molecule is CCS(=O)(=O)c1cc(C2(C#N)CC2)cnc1-c1nc2cc(C(F)(F)F)nnc2n1C.CCSc1cc(C2(C#N)CC2)cnc1-c1nc2cc(C(F)(F)F)nnc2n1C. The van der Waals surface area contributed by atoms with Gasteiger partial charge in [-0.05, 0) is 54.7 Å². The maximum atomic E-state index is 13.0. The number of imidazole rings is 2. The van der Waals surface area contributed by atoms with Crippen molar-refractivity contribution in [3.63, 3.8) is 0 Å². The van der Waals surface area contributed by atoms with Gasteiger partial charge < -0.3 is 9.13 Å². The molecule has 300 valence electrons. The van der Waals surface area contributed by atoms with E-state index in [4.69, 9.17) is 0 Å². The highest BCUT2D eigenvalue weighted by Gasteiger charge is 2.47. The molecule has 0 bridgehead atoms. The number of hydrogen-bond donors (Lipinski definition) is 0. The van der Waals surface area contributed by atoms with Crippen LogP contribution in [0.4, 0.5) is 26.3 Å². The van der Waals surface area contributed by atoms with Gasteiger partial charge in [-0.25, -0.2) is 18.4 Å². The minimum absolute atomic E-state index is 0.0107. The van der Waals surface area contributed by atoms with Gasteiger partial charge in [0.2, 0.25) is 0 Å². The fourth-order valence-corrected chi connectivity index (χ4v) is 8.12. The van der Waals surface area contributed by atoms with Gasteiger partial charge in [0.15, 0.2) is 44.2 Å². The normalized spacial score (nSPS) is 15.7. The fourth-order valence-electron chi connectivity index (χ4n) is 6.26. The van der Waals surface area contributed by atoms with E-state index in [0.29, 0.717) is 29.9 Å². The second-order valence-electron chi connectivity index (χ2n) is 13.7. The number of aryl methyl sites for hydroxylation is 2. The van der Waals surface area contributed by atoms with Crippen LogP contribution < -0.4 is 0 Å². The first-order valence-corrected chi connectivity index (χ1v) is 20.2. The van der Waals surface area contributed by atoms with E-state index in [9.17, 15) is 45.3 Å². The lowest BCUT2D eigenvalue weighted by Gasteiger charge is -2.13. The molecule has 22 heteroatoms. The molecule has 2 saturated carbocycles. The Morgan fingerprint density at radius 2 is 1.17 bits per heavy atom. The van der Waals surface area contributed by atoms with Crippen molar-refractivity contribution in [3.05, 3.63) is 59.2 Å². The summed E-state index contributed by atoms with van der Waals surface area (Å²) in [6.07, 6.45) is -3.35. The quantitative estimate of drug-likeness (QED) is 0.114. The first kappa shape index (κ1) is 40.5. The number of alkyl halides is 6. The molecule has 0 amide bonds. The van der Waals surface area contributed by atoms with Crippen molar-refractivity contribution in [2.24, 2.45) is 14.1 Å². The Morgan fingerprint density at radius 1 is 0.724 bits per heavy atom. The second-order valence-corrected chi connectivity index (χ2v) is 17.3. The van der Waals surface area contributed by atoms with E-state index in [2.05, 4.69) is 52.5 Å². The number of hydrogen-bond acceptors (Lipinski definition) is 13. The zero-order chi connectivity index (χ0) is 42.0. The van der Waals surface area contributed by atoms with Gasteiger partial charge in [-0.2, -0.15) is 36.9 Å². The summed E-state index contributed by atoms with van der Waals surface area (Å²) in [6, 6.07) is 9.56. The predicted octanol–water partition coefficient (Wildman–Crippen LogP) is 6.90. The molecule has 2 aliphatic carbocycles. The molecule has 0 atom stereocenters. The standard InChI is InChI=1S/C18H15F3N6O2S.C18H15F3N6S/c1-3-30(28,29)12-6-10(17(9-22)4-5-17)8-23-14(12)16-24-11-7-13(18(19,20)21)25-26-15(11)27(16)2;1-3-28-12-6-10(17(9-22)4-5-17)8-23-14(12)16-24-11-7-13(18(19,20)21)25-26-15(11)27(16)2/h6-8H,3-5H2,1-2H3;6-8H,3-5H2,1-2H3. The number of sulfone groups is 1. The average molecular weight is 841 g/mol. The van der Waals surface area contributed by atoms with E-state index < -0.39 is 44.4 Å². The van der Waals surface area contributed by atoms with Gasteiger partial charge in [0, 0.05) is 43.5 Å². The molecule has 6 aromatic rings. The van der Waals surface area contributed by atoms with Crippen LogP contribution >= 0.6 is 11.8 Å². The van der Waals surface area contributed by atoms with Gasteiger partial charge in [-0.1, -0.05) is 13.8 Å². The van der Waals surface area contributed by atoms with Gasteiger partial charge >= 0.3 is 12.4 Å². The monoisotopic (exact) mass is 840 g/mol. The molecule has 2 aliphatic rings. The van der Waals surface area contributed by atoms with Gasteiger partial charge in [0.1, 0.15) is 22.4 Å². The summed E-state index contributed by atoms with van der Waals surface area (Å²) in [4.78, 5) is 18.0. The van der Waals surface area contributed by atoms with Crippen molar-refractivity contribution in [3.8, 4) is 35.2 Å². The maximum Gasteiger partial charge on any atom is 0.435 e. The van der Waals surface area contributed by atoms with Crippen molar-refractivity contribution in [1.29, 1.82) is 10.5 Å². The molecule has 6 heterocycles. The average Bonchev–Trinajstić information content (AvgIpc) is 4.12. The number of pyridine rings is 2. The highest BCUT2D eigenvalue weighted by atomic mass is 32.2. The van der Waals surface area contributed by atoms with Crippen LogP contribution in [0.2, 0.25) is 0 Å². The molecule has 8 rings (SSSR count). The van der Waals surface area contributed by atoms with Crippen LogP contribution in [0.5, 0.6) is 0 Å². The molecule has 14 nitrogen and oxygen atoms in total. The molecule has 0 spiro atoms. The minimum atomic E-state index is -4.69. The zero-order valence-electron chi connectivity index (χ0n) is 31.0. The number of thioether (sulfide) groups is 1. The van der Waals surface area contributed by atoms with Crippen LogP contribution in [0.25, 0.3) is 45.4 Å². The smallest absolute Gasteiger partial charge is 0.309 e. The summed E-state index contributed by atoms with van der Waals surface area (Å²) in [5.74, 6) is 1.01. The van der Waals surface area contributed by atoms with E-state index >= 15 is 0 Å². The summed E-state index contributed by atoms with van der Waals surface area (Å²) < 4.78 is 106. The lowest BCUT2D eigenvalue weighted by Crippen LogP contribution is -2.12. The van der Waals surface area contributed by atoms with E-state index in [0.717, 1.165) is 41.2 Å². The molecule has 58 heavy (non-hydrogen) atoms. The number of fused-ring (bicyclic) bond motifs is 2. The second kappa shape index (κ2) is 14.3. The first-order valence-electron chi connectivity index (χ1n) is 17.6. The van der Waals surface area contributed by atoms with Gasteiger partial charge in [0.25, 0.3) is 0 Å². The number of halogens is 6. The Morgan fingerprint density at radius 3 is 1.59 bits per heavy atom. The molecule has 0 radical (unpaired) electrons. The van der Waals surface area contributed by atoms with E-state index in [1.54, 1.807) is 29.6 Å². The molecule has 0 aromatic carbocycles. The lowest BCUT2D eigenvalue weighted by molar-refractivity contribution is -0.142. The summed E-state index contributed by atoms with van der Waals surface area (Å²) in [6.45, 7) is 3.47. The number of rotatable bonds is 8. The predicted molar refractivity (Wildman–Crippen MR) is 196 cm³/mol. The zero-order valence-corrected chi connectivity index (χ0v) is 32.6. The molecule has 0 aliphatic heterocycles. The molecule has 0 N–H and O–H groups in total. The Labute approximate surface area is 330 Å². The Bertz CT molecular complexity index is 2810. The van der Waals surface area contributed by atoms with Crippen LogP contribution in [-0.4, -0.2) is 69.4 Å². The highest BCUT2D eigenvalue weighted by molar-refractivity contribution is 7.99. The summed E-state index contributed by atoms with van der Waals surface area (Å²) in [7, 11) is -0.612. The summed E-state index contributed by atoms with van der Waals surface area (Å²) in [5, 5.41) is 32.6. The Hall–Kier alpha value is -5.74. The van der Waals surface area contributed by atoms with Crippen molar-refractivity contribution in [2.75, 3.05) is 11.5 Å². The number of aromatic nitrogens is 10. The topological polar surface area (TPSA) is 195 Å². The molecule has 2 fully saturated rings. The molecule has 6 aromatic heterocycles. The van der Waals surface area contributed by atoms with Crippen LogP contribution in [0, 0.1) is 22.7 Å². The Balaban J connectivity index is 0.000000177. The number of nitrogens with zero attached hydrogens (tertiary/aromatic N) is 12. The van der Waals surface area contributed by atoms with Gasteiger partial charge in [0.05, 0.1) is 33.6 Å². The maximum absolute atomic E-state index is 13.0. The Kier molecular flexibility index (Phi) is 9.95. The molecule has 0 saturated heterocycles. The largest absolute Gasteiger partial charge is 0.435 e. The summed E-state index contributed by atoms with van der Waals surface area (Å²) >= 11 is 1.55. The van der Waals surface area contributed by atoms with E-state index in [1.807, 2.05) is 13.0 Å². The third-order valence-electron chi connectivity index (χ3n) is 9.99. The fraction of sp³-hybridized carbons (Fsp3) is 0.389. The van der Waals surface area contributed by atoms with Crippen molar-refractivity contribution in [2.45, 2.75) is 72.5 Å². The third-order valence-corrected chi connectivity index (χ3v) is 12.6. The van der Waals surface area contributed by atoms with Crippen LogP contribution in [0.3, 0.4) is 0 Å². The van der Waals surface area contributed by atoms with Crippen LogP contribution in [0.15, 0.2) is 46.5 Å². The number of nitriles is 2. The van der Waals surface area contributed by atoms with Crippen molar-refractivity contribution >= 4 is 43.9 Å². The molecular weight excluding hydrogens is 811 g/mol. The minimum Gasteiger partial charge on any atom is -0.309 e. The molecular formula is C36H30F6N12O2S2. The van der Waals surface area contributed by atoms with Crippen molar-refractivity contribution < 1.29 is 34.8 Å². The van der Waals surface area contributed by atoms with Crippen molar-refractivity contribution in [1.82, 2.24) is 49.5 Å². The van der Waals surface area contributed by atoms with Gasteiger partial charge in [-0.15, -0.1) is 32.2 Å². The summed E-state index contributed by atoms with van der Waals surface area (Å²) in [5.41, 5.74) is -1.26. The highest BCUT2D eigenvalue weighted by Crippen LogP contribution is 2.49. The van der Waals surface area contributed by atoms with Crippen LogP contribution in [0.1, 0.15) is 62.0 Å². The lowest BCUT2D eigenvalue weighted by atomic mass is 9.99. The first-order chi connectivity index (χ1) is 27.3. The third kappa shape index (κ3) is 7.19. The van der Waals surface area contributed by atoms with E-state index in [-0.39, 0.29) is 44.5 Å². The molecule has 0 unspecified atom stereocenters. The van der Waals surface area contributed by atoms with Gasteiger partial charge in [-0.3, -0.25) is 9.97 Å². The van der Waals surface area contributed by atoms with Crippen LogP contribution in [-0.2, 0) is 47.1 Å². The van der Waals surface area contributed by atoms with E-state index in [1.165, 1.54) is 30.8 Å².